The number of H-pyrrole nitrogens is 2. The summed E-state index contributed by atoms with van der Waals surface area (Å²) in [5.41, 5.74) is 2.62. The van der Waals surface area contributed by atoms with E-state index in [2.05, 4.69) is 15.3 Å². The molecule has 6 nitrogen and oxygen atoms in total. The number of halogens is 1. The molecular weight excluding hydrogens is 330 g/mol. The highest BCUT2D eigenvalue weighted by atomic mass is 35.5. The molecule has 1 aliphatic heterocycles. The summed E-state index contributed by atoms with van der Waals surface area (Å²) in [4.78, 5) is 29.1. The van der Waals surface area contributed by atoms with Crippen LogP contribution in [0.25, 0.3) is 11.0 Å². The van der Waals surface area contributed by atoms with Gasteiger partial charge in [0.15, 0.2) is 0 Å². The number of hydrogen-bond acceptors (Lipinski definition) is 3. The summed E-state index contributed by atoms with van der Waals surface area (Å²) < 4.78 is 5.65. The minimum absolute atomic E-state index is 0.127. The molecule has 2 heterocycles. The van der Waals surface area contributed by atoms with Gasteiger partial charge in [-0.2, -0.15) is 0 Å². The van der Waals surface area contributed by atoms with Crippen LogP contribution in [-0.4, -0.2) is 22.5 Å². The molecule has 4 rings (SSSR count). The number of nitrogens with one attached hydrogen (secondary N) is 3. The topological polar surface area (TPSA) is 87.0 Å². The summed E-state index contributed by atoms with van der Waals surface area (Å²) >= 11 is 6.00. The number of ether oxygens (including phenoxy) is 1. The molecule has 2 aromatic carbocycles. The Kier molecular flexibility index (Phi) is 3.54. The van der Waals surface area contributed by atoms with Gasteiger partial charge in [0.2, 0.25) is 5.91 Å². The average molecular weight is 344 g/mol. The van der Waals surface area contributed by atoms with Gasteiger partial charge in [-0.3, -0.25) is 4.79 Å². The molecule has 24 heavy (non-hydrogen) atoms. The fraction of sp³-hybridized carbons (Fsp3) is 0.176. The van der Waals surface area contributed by atoms with Crippen LogP contribution in [0, 0.1) is 5.92 Å². The molecule has 1 aromatic heterocycles. The number of fused-ring (bicyclic) bond motifs is 2. The quantitative estimate of drug-likeness (QED) is 0.668. The molecule has 1 amide bonds. The van der Waals surface area contributed by atoms with Crippen molar-refractivity contribution in [1.29, 1.82) is 0 Å². The first-order valence-electron chi connectivity index (χ1n) is 7.52. The van der Waals surface area contributed by atoms with E-state index < -0.39 is 0 Å². The lowest BCUT2D eigenvalue weighted by molar-refractivity contribution is -0.121. The van der Waals surface area contributed by atoms with Crippen molar-refractivity contribution in [2.24, 2.45) is 5.92 Å². The van der Waals surface area contributed by atoms with E-state index in [0.29, 0.717) is 34.8 Å². The zero-order valence-electron chi connectivity index (χ0n) is 12.6. The van der Waals surface area contributed by atoms with Gasteiger partial charge < -0.3 is 20.0 Å². The van der Waals surface area contributed by atoms with Crippen LogP contribution in [0.15, 0.2) is 41.2 Å². The van der Waals surface area contributed by atoms with Crippen LogP contribution in [0.1, 0.15) is 5.56 Å². The molecule has 0 spiro atoms. The molecule has 0 saturated heterocycles. The van der Waals surface area contributed by atoms with Gasteiger partial charge in [-0.1, -0.05) is 11.6 Å². The van der Waals surface area contributed by atoms with Gasteiger partial charge in [0.25, 0.3) is 0 Å². The molecular formula is C17H14ClN3O3. The molecule has 0 unspecified atom stereocenters. The number of aromatic nitrogens is 2. The Morgan fingerprint density at radius 2 is 2.00 bits per heavy atom. The van der Waals surface area contributed by atoms with E-state index in [1.807, 2.05) is 12.1 Å². The number of aromatic amines is 2. The first kappa shape index (κ1) is 14.8. The van der Waals surface area contributed by atoms with Crippen LogP contribution in [0.4, 0.5) is 5.69 Å². The minimum Gasteiger partial charge on any atom is -0.492 e. The third kappa shape index (κ3) is 2.76. The Morgan fingerprint density at radius 3 is 2.88 bits per heavy atom. The number of carbonyl (C=O) groups excluding carboxylic acids is 1. The van der Waals surface area contributed by atoms with Gasteiger partial charge in [-0.25, -0.2) is 4.79 Å². The van der Waals surface area contributed by atoms with Gasteiger partial charge in [-0.15, -0.1) is 0 Å². The lowest BCUT2D eigenvalue weighted by Gasteiger charge is -2.24. The Hall–Kier alpha value is -2.73. The predicted octanol–water partition coefficient (Wildman–Crippen LogP) is 2.70. The number of anilines is 1. The fourth-order valence-electron chi connectivity index (χ4n) is 2.89. The summed E-state index contributed by atoms with van der Waals surface area (Å²) in [6.45, 7) is 0.323. The van der Waals surface area contributed by atoms with E-state index >= 15 is 0 Å². The Labute approximate surface area is 141 Å². The van der Waals surface area contributed by atoms with E-state index in [0.717, 1.165) is 11.3 Å². The maximum absolute atomic E-state index is 12.5. The molecule has 0 saturated carbocycles. The SMILES string of the molecule is O=C(Nc1ccc2[nH]c(=O)[nH]c2c1)[C@@H]1COc2ccc(Cl)cc2C1. The van der Waals surface area contributed by atoms with Gasteiger partial charge in [0.1, 0.15) is 12.4 Å². The van der Waals surface area contributed by atoms with E-state index in [9.17, 15) is 9.59 Å². The molecule has 122 valence electrons. The van der Waals surface area contributed by atoms with Crippen molar-refractivity contribution in [3.63, 3.8) is 0 Å². The molecule has 3 N–H and O–H groups in total. The fourth-order valence-corrected chi connectivity index (χ4v) is 3.08. The van der Waals surface area contributed by atoms with Crippen molar-refractivity contribution in [2.75, 3.05) is 11.9 Å². The number of carbonyl (C=O) groups is 1. The van der Waals surface area contributed by atoms with E-state index in [1.165, 1.54) is 0 Å². The van der Waals surface area contributed by atoms with E-state index in [4.69, 9.17) is 16.3 Å². The summed E-state index contributed by atoms with van der Waals surface area (Å²) in [7, 11) is 0. The van der Waals surface area contributed by atoms with Gasteiger partial charge >= 0.3 is 5.69 Å². The van der Waals surface area contributed by atoms with Crippen LogP contribution in [0.2, 0.25) is 5.02 Å². The summed E-state index contributed by atoms with van der Waals surface area (Å²) in [5, 5.41) is 3.50. The first-order chi connectivity index (χ1) is 11.6. The second-order valence-corrected chi connectivity index (χ2v) is 6.23. The molecule has 0 aliphatic carbocycles. The van der Waals surface area contributed by atoms with Crippen molar-refractivity contribution in [3.8, 4) is 5.75 Å². The zero-order chi connectivity index (χ0) is 16.7. The maximum Gasteiger partial charge on any atom is 0.323 e. The first-order valence-corrected chi connectivity index (χ1v) is 7.90. The zero-order valence-corrected chi connectivity index (χ0v) is 13.3. The normalized spacial score (nSPS) is 16.5. The van der Waals surface area contributed by atoms with Crippen LogP contribution in [-0.2, 0) is 11.2 Å². The van der Waals surface area contributed by atoms with Crippen LogP contribution >= 0.6 is 11.6 Å². The molecule has 3 aromatic rings. The smallest absolute Gasteiger partial charge is 0.323 e. The van der Waals surface area contributed by atoms with Crippen molar-refractivity contribution < 1.29 is 9.53 Å². The van der Waals surface area contributed by atoms with Crippen LogP contribution in [0.5, 0.6) is 5.75 Å². The third-order valence-electron chi connectivity index (χ3n) is 4.08. The Bertz CT molecular complexity index is 992. The highest BCUT2D eigenvalue weighted by Crippen LogP contribution is 2.30. The van der Waals surface area contributed by atoms with Crippen molar-refractivity contribution in [2.45, 2.75) is 6.42 Å². The third-order valence-corrected chi connectivity index (χ3v) is 4.32. The number of amides is 1. The summed E-state index contributed by atoms with van der Waals surface area (Å²) in [6, 6.07) is 10.6. The highest BCUT2D eigenvalue weighted by molar-refractivity contribution is 6.30. The highest BCUT2D eigenvalue weighted by Gasteiger charge is 2.26. The molecule has 7 heteroatoms. The van der Waals surface area contributed by atoms with Gasteiger partial charge in [0.05, 0.1) is 17.0 Å². The molecule has 1 aliphatic rings. The van der Waals surface area contributed by atoms with Crippen molar-refractivity contribution in [1.82, 2.24) is 9.97 Å². The predicted molar refractivity (Wildman–Crippen MR) is 91.7 cm³/mol. The average Bonchev–Trinajstić information content (AvgIpc) is 2.93. The van der Waals surface area contributed by atoms with Crippen molar-refractivity contribution >= 4 is 34.2 Å². The van der Waals surface area contributed by atoms with E-state index in [1.54, 1.807) is 24.3 Å². The largest absolute Gasteiger partial charge is 0.492 e. The molecule has 0 fully saturated rings. The lowest BCUT2D eigenvalue weighted by Crippen LogP contribution is -2.32. The number of rotatable bonds is 2. The van der Waals surface area contributed by atoms with Crippen LogP contribution < -0.4 is 15.7 Å². The van der Waals surface area contributed by atoms with Gasteiger partial charge in [-0.05, 0) is 48.4 Å². The monoisotopic (exact) mass is 343 g/mol. The number of imidazole rings is 1. The summed E-state index contributed by atoms with van der Waals surface area (Å²) in [6.07, 6.45) is 0.574. The minimum atomic E-state index is -0.295. The number of hydrogen-bond donors (Lipinski definition) is 3. The molecule has 0 radical (unpaired) electrons. The second kappa shape index (κ2) is 5.72. The molecule has 0 bridgehead atoms. The van der Waals surface area contributed by atoms with Gasteiger partial charge in [0, 0.05) is 10.7 Å². The van der Waals surface area contributed by atoms with E-state index in [-0.39, 0.29) is 17.5 Å². The Balaban J connectivity index is 1.52. The number of benzene rings is 2. The van der Waals surface area contributed by atoms with Crippen molar-refractivity contribution in [3.05, 3.63) is 57.5 Å². The second-order valence-electron chi connectivity index (χ2n) is 5.79. The molecule has 1 atom stereocenters. The van der Waals surface area contributed by atoms with Crippen LogP contribution in [0.3, 0.4) is 0 Å². The maximum atomic E-state index is 12.5. The Morgan fingerprint density at radius 1 is 1.17 bits per heavy atom. The summed E-state index contributed by atoms with van der Waals surface area (Å²) in [5.74, 6) is 0.351. The lowest BCUT2D eigenvalue weighted by atomic mass is 9.96. The standard InChI is InChI=1S/C17H14ClN3O3/c18-11-1-4-15-9(6-11)5-10(8-24-15)16(22)19-12-2-3-13-14(7-12)21-17(23)20-13/h1-4,6-7,10H,5,8H2,(H,19,22)(H2,20,21,23)/t10-/m0/s1.